The van der Waals surface area contributed by atoms with Gasteiger partial charge in [-0.2, -0.15) is 0 Å². The Morgan fingerprint density at radius 3 is 2.83 bits per heavy atom. The molecule has 2 heterocycles. The molecule has 1 aliphatic rings. The van der Waals surface area contributed by atoms with Crippen LogP contribution in [0.1, 0.15) is 29.0 Å². The van der Waals surface area contributed by atoms with Gasteiger partial charge in [-0.25, -0.2) is 0 Å². The highest BCUT2D eigenvalue weighted by atomic mass is 32.2. The van der Waals surface area contributed by atoms with Gasteiger partial charge in [0.1, 0.15) is 0 Å². The van der Waals surface area contributed by atoms with Crippen molar-refractivity contribution in [1.82, 2.24) is 9.88 Å². The maximum atomic E-state index is 12.4. The summed E-state index contributed by atoms with van der Waals surface area (Å²) >= 11 is 1.68. The Labute approximate surface area is 142 Å². The van der Waals surface area contributed by atoms with Crippen LogP contribution in [-0.4, -0.2) is 34.6 Å². The van der Waals surface area contributed by atoms with E-state index in [1.165, 1.54) is 16.7 Å². The van der Waals surface area contributed by atoms with Gasteiger partial charge in [0.15, 0.2) is 0 Å². The Balaban J connectivity index is 1.49. The number of likely N-dealkylation sites (tertiary alicyclic amines) is 1. The Morgan fingerprint density at radius 2 is 2.04 bits per heavy atom. The van der Waals surface area contributed by atoms with Crippen molar-refractivity contribution >= 4 is 17.7 Å². The van der Waals surface area contributed by atoms with Crippen molar-refractivity contribution in [3.05, 3.63) is 65.5 Å². The first kappa shape index (κ1) is 16.1. The van der Waals surface area contributed by atoms with Gasteiger partial charge < -0.3 is 4.90 Å². The first-order valence-corrected chi connectivity index (χ1v) is 9.19. The first-order chi connectivity index (χ1) is 11.2. The summed E-state index contributed by atoms with van der Waals surface area (Å²) in [7, 11) is 0. The monoisotopic (exact) mass is 326 g/mol. The fourth-order valence-electron chi connectivity index (χ4n) is 3.11. The van der Waals surface area contributed by atoms with Crippen LogP contribution in [0, 0.1) is 6.92 Å². The van der Waals surface area contributed by atoms with Crippen LogP contribution in [0.4, 0.5) is 0 Å². The summed E-state index contributed by atoms with van der Waals surface area (Å²) in [5, 5.41) is 0. The molecule has 1 aromatic carbocycles. The van der Waals surface area contributed by atoms with Gasteiger partial charge in [-0.05, 0) is 42.2 Å². The van der Waals surface area contributed by atoms with E-state index >= 15 is 0 Å². The van der Waals surface area contributed by atoms with E-state index in [9.17, 15) is 4.79 Å². The topological polar surface area (TPSA) is 33.2 Å². The first-order valence-electron chi connectivity index (χ1n) is 8.04. The molecule has 0 bridgehead atoms. The second-order valence-corrected chi connectivity index (χ2v) is 7.02. The molecule has 1 saturated heterocycles. The average Bonchev–Trinajstić information content (AvgIpc) is 3.06. The molecule has 4 heteroatoms. The molecule has 3 rings (SSSR count). The molecule has 0 aliphatic carbocycles. The zero-order valence-corrected chi connectivity index (χ0v) is 14.3. The highest BCUT2D eigenvalue weighted by molar-refractivity contribution is 7.99. The van der Waals surface area contributed by atoms with Crippen molar-refractivity contribution in [2.75, 3.05) is 18.8 Å². The van der Waals surface area contributed by atoms with Crippen molar-refractivity contribution in [3.8, 4) is 0 Å². The summed E-state index contributed by atoms with van der Waals surface area (Å²) in [6.07, 6.45) is 4.67. The van der Waals surface area contributed by atoms with E-state index in [2.05, 4.69) is 36.2 Å². The lowest BCUT2D eigenvalue weighted by atomic mass is 9.94. The Kier molecular flexibility index (Phi) is 5.34. The van der Waals surface area contributed by atoms with Crippen molar-refractivity contribution in [2.24, 2.45) is 0 Å². The van der Waals surface area contributed by atoms with Gasteiger partial charge in [0.25, 0.3) is 0 Å². The molecular formula is C19H22N2OS. The molecule has 1 amide bonds. The van der Waals surface area contributed by atoms with E-state index in [-0.39, 0.29) is 5.91 Å². The third kappa shape index (κ3) is 4.14. The van der Waals surface area contributed by atoms with Crippen LogP contribution in [0.15, 0.2) is 48.8 Å². The minimum Gasteiger partial charge on any atom is -0.341 e. The van der Waals surface area contributed by atoms with Gasteiger partial charge in [-0.3, -0.25) is 9.78 Å². The van der Waals surface area contributed by atoms with Crippen molar-refractivity contribution in [3.63, 3.8) is 0 Å². The summed E-state index contributed by atoms with van der Waals surface area (Å²) < 4.78 is 0. The van der Waals surface area contributed by atoms with Crippen LogP contribution < -0.4 is 0 Å². The maximum Gasteiger partial charge on any atom is 0.232 e. The summed E-state index contributed by atoms with van der Waals surface area (Å²) in [6, 6.07) is 12.5. The summed E-state index contributed by atoms with van der Waals surface area (Å²) in [5.41, 5.74) is 3.95. The van der Waals surface area contributed by atoms with Gasteiger partial charge in [0.05, 0.1) is 5.75 Å². The molecule has 1 atom stereocenters. The van der Waals surface area contributed by atoms with Gasteiger partial charge in [0, 0.05) is 37.2 Å². The van der Waals surface area contributed by atoms with Gasteiger partial charge in [0.2, 0.25) is 5.91 Å². The molecule has 1 aromatic heterocycles. The molecule has 1 fully saturated rings. The minimum atomic E-state index is 0.264. The van der Waals surface area contributed by atoms with Crippen molar-refractivity contribution < 1.29 is 4.79 Å². The van der Waals surface area contributed by atoms with Crippen LogP contribution in [0.25, 0.3) is 0 Å². The van der Waals surface area contributed by atoms with Gasteiger partial charge in [-0.1, -0.05) is 24.3 Å². The normalized spacial score (nSPS) is 17.4. The number of nitrogens with zero attached hydrogens (tertiary/aromatic N) is 2. The number of pyridine rings is 1. The van der Waals surface area contributed by atoms with Crippen LogP contribution in [0.2, 0.25) is 0 Å². The minimum absolute atomic E-state index is 0.264. The highest BCUT2D eigenvalue weighted by Crippen LogP contribution is 2.29. The van der Waals surface area contributed by atoms with Crippen LogP contribution >= 0.6 is 11.8 Å². The Hall–Kier alpha value is -1.81. The van der Waals surface area contributed by atoms with Crippen molar-refractivity contribution in [1.29, 1.82) is 0 Å². The van der Waals surface area contributed by atoms with Gasteiger partial charge >= 0.3 is 0 Å². The van der Waals surface area contributed by atoms with E-state index in [0.717, 1.165) is 25.3 Å². The van der Waals surface area contributed by atoms with Crippen molar-refractivity contribution in [2.45, 2.75) is 25.0 Å². The molecule has 0 spiro atoms. The molecule has 23 heavy (non-hydrogen) atoms. The standard InChI is InChI=1S/C19H22N2OS/c1-15-4-2-3-5-18(15)17-8-11-21(12-17)19(22)14-23-13-16-6-9-20-10-7-16/h2-7,9-10,17H,8,11-14H2,1H3. The lowest BCUT2D eigenvalue weighted by Crippen LogP contribution is -2.30. The molecule has 120 valence electrons. The SMILES string of the molecule is Cc1ccccc1C1CCN(C(=O)CSCc2ccncc2)C1. The Bertz CT molecular complexity index is 659. The number of thioether (sulfide) groups is 1. The molecule has 2 aromatic rings. The fraction of sp³-hybridized carbons (Fsp3) is 0.368. The number of amides is 1. The number of hydrogen-bond acceptors (Lipinski definition) is 3. The molecule has 0 saturated carbocycles. The molecular weight excluding hydrogens is 304 g/mol. The van der Waals surface area contributed by atoms with E-state index < -0.39 is 0 Å². The van der Waals surface area contributed by atoms with Crippen LogP contribution in [0.5, 0.6) is 0 Å². The summed E-state index contributed by atoms with van der Waals surface area (Å²) in [6.45, 7) is 3.90. The zero-order valence-electron chi connectivity index (χ0n) is 13.4. The smallest absolute Gasteiger partial charge is 0.232 e. The quantitative estimate of drug-likeness (QED) is 0.841. The fourth-order valence-corrected chi connectivity index (χ4v) is 4.00. The number of hydrogen-bond donors (Lipinski definition) is 0. The highest BCUT2D eigenvalue weighted by Gasteiger charge is 2.27. The predicted octanol–water partition coefficient (Wildman–Crippen LogP) is 3.64. The van der Waals surface area contributed by atoms with E-state index in [4.69, 9.17) is 0 Å². The van der Waals surface area contributed by atoms with Crippen LogP contribution in [0.3, 0.4) is 0 Å². The Morgan fingerprint density at radius 1 is 1.26 bits per heavy atom. The van der Waals surface area contributed by atoms with Gasteiger partial charge in [-0.15, -0.1) is 11.8 Å². The number of benzene rings is 1. The second kappa shape index (κ2) is 7.64. The third-order valence-electron chi connectivity index (χ3n) is 4.41. The zero-order chi connectivity index (χ0) is 16.1. The number of rotatable bonds is 5. The summed E-state index contributed by atoms with van der Waals surface area (Å²) in [4.78, 5) is 18.4. The van der Waals surface area contributed by atoms with E-state index in [1.807, 2.05) is 17.0 Å². The lowest BCUT2D eigenvalue weighted by molar-refractivity contribution is -0.127. The van der Waals surface area contributed by atoms with Crippen LogP contribution in [-0.2, 0) is 10.5 Å². The molecule has 3 nitrogen and oxygen atoms in total. The predicted molar refractivity (Wildman–Crippen MR) is 95.5 cm³/mol. The average molecular weight is 326 g/mol. The summed E-state index contributed by atoms with van der Waals surface area (Å²) in [5.74, 6) is 2.18. The molecule has 1 aliphatic heterocycles. The molecule has 0 radical (unpaired) electrons. The largest absolute Gasteiger partial charge is 0.341 e. The number of aryl methyl sites for hydroxylation is 1. The number of carbonyl (C=O) groups excluding carboxylic acids is 1. The maximum absolute atomic E-state index is 12.4. The molecule has 1 unspecified atom stereocenters. The van der Waals surface area contributed by atoms with E-state index in [1.54, 1.807) is 24.2 Å². The number of aromatic nitrogens is 1. The molecule has 0 N–H and O–H groups in total. The van der Waals surface area contributed by atoms with E-state index in [0.29, 0.717) is 11.7 Å². The second-order valence-electron chi connectivity index (χ2n) is 6.03. The lowest BCUT2D eigenvalue weighted by Gasteiger charge is -2.17. The number of carbonyl (C=O) groups is 1. The third-order valence-corrected chi connectivity index (χ3v) is 5.40.